The summed E-state index contributed by atoms with van der Waals surface area (Å²) in [7, 11) is 0. The lowest BCUT2D eigenvalue weighted by Gasteiger charge is -1.98. The van der Waals surface area contributed by atoms with Crippen LogP contribution in [0, 0.1) is 2.88 Å². The quantitative estimate of drug-likeness (QED) is 0.701. The molecule has 0 aliphatic rings. The van der Waals surface area contributed by atoms with Gasteiger partial charge >= 0.3 is 0 Å². The van der Waals surface area contributed by atoms with Gasteiger partial charge in [-0.2, -0.15) is 4.37 Å². The van der Waals surface area contributed by atoms with Gasteiger partial charge in [0.15, 0.2) is 0 Å². The molecule has 1 heterocycles. The highest BCUT2D eigenvalue weighted by Gasteiger charge is 2.04. The van der Waals surface area contributed by atoms with Crippen molar-refractivity contribution in [2.24, 2.45) is 0 Å². The van der Waals surface area contributed by atoms with Gasteiger partial charge in [0.2, 0.25) is 0 Å². The standard InChI is InChI=1S/C6H8INS/c1-4(2)5-3-8-9-6(5)7/h3-4H,1-2H3. The molecular formula is C6H8INS. The molecule has 0 saturated carbocycles. The van der Waals surface area contributed by atoms with E-state index in [1.165, 1.54) is 8.45 Å². The largest absolute Gasteiger partial charge is 0.200 e. The highest BCUT2D eigenvalue weighted by atomic mass is 127. The number of aromatic nitrogens is 1. The molecule has 9 heavy (non-hydrogen) atoms. The maximum Gasteiger partial charge on any atom is 0.0894 e. The summed E-state index contributed by atoms with van der Waals surface area (Å²) in [5.41, 5.74) is 1.38. The Kier molecular flexibility index (Phi) is 2.46. The fourth-order valence-corrected chi connectivity index (χ4v) is 2.36. The summed E-state index contributed by atoms with van der Waals surface area (Å²) in [5.74, 6) is 0.621. The zero-order valence-electron chi connectivity index (χ0n) is 5.39. The van der Waals surface area contributed by atoms with Crippen LogP contribution in [0.4, 0.5) is 0 Å². The summed E-state index contributed by atoms with van der Waals surface area (Å²) in [5, 5.41) is 0. The molecule has 0 fully saturated rings. The van der Waals surface area contributed by atoms with Crippen molar-refractivity contribution >= 4 is 34.1 Å². The van der Waals surface area contributed by atoms with Crippen molar-refractivity contribution in [2.45, 2.75) is 19.8 Å². The predicted molar refractivity (Wildman–Crippen MR) is 48.9 cm³/mol. The normalized spacial score (nSPS) is 10.7. The minimum atomic E-state index is 0.621. The molecule has 0 amide bonds. The molecule has 0 spiro atoms. The molecule has 0 aliphatic carbocycles. The van der Waals surface area contributed by atoms with E-state index in [4.69, 9.17) is 0 Å². The van der Waals surface area contributed by atoms with Crippen LogP contribution in [0.15, 0.2) is 6.20 Å². The average molecular weight is 253 g/mol. The van der Waals surface area contributed by atoms with E-state index in [1.807, 2.05) is 6.20 Å². The second-order valence-corrected chi connectivity index (χ2v) is 4.82. The molecule has 50 valence electrons. The number of rotatable bonds is 1. The van der Waals surface area contributed by atoms with Gasteiger partial charge in [-0.25, -0.2) is 0 Å². The first-order valence-corrected chi connectivity index (χ1v) is 4.67. The van der Waals surface area contributed by atoms with Crippen LogP contribution in [0.25, 0.3) is 0 Å². The van der Waals surface area contributed by atoms with E-state index in [0.29, 0.717) is 5.92 Å². The highest BCUT2D eigenvalue weighted by molar-refractivity contribution is 14.1. The number of hydrogen-bond acceptors (Lipinski definition) is 2. The van der Waals surface area contributed by atoms with Crippen molar-refractivity contribution in [1.82, 2.24) is 4.37 Å². The first-order valence-electron chi connectivity index (χ1n) is 2.82. The van der Waals surface area contributed by atoms with Crippen molar-refractivity contribution in [3.8, 4) is 0 Å². The Labute approximate surface area is 72.8 Å². The Morgan fingerprint density at radius 1 is 1.67 bits per heavy atom. The molecule has 0 aromatic carbocycles. The van der Waals surface area contributed by atoms with Crippen molar-refractivity contribution < 1.29 is 0 Å². The lowest BCUT2D eigenvalue weighted by molar-refractivity contribution is 0.864. The van der Waals surface area contributed by atoms with Gasteiger partial charge in [0, 0.05) is 6.20 Å². The summed E-state index contributed by atoms with van der Waals surface area (Å²) in [6.45, 7) is 4.37. The van der Waals surface area contributed by atoms with Gasteiger partial charge in [-0.3, -0.25) is 0 Å². The average Bonchev–Trinajstić information content (AvgIpc) is 2.13. The van der Waals surface area contributed by atoms with Crippen LogP contribution in [0.2, 0.25) is 0 Å². The van der Waals surface area contributed by atoms with Crippen molar-refractivity contribution in [1.29, 1.82) is 0 Å². The monoisotopic (exact) mass is 253 g/mol. The fourth-order valence-electron chi connectivity index (χ4n) is 0.609. The SMILES string of the molecule is CC(C)c1cnsc1I. The summed E-state index contributed by atoms with van der Waals surface area (Å²) < 4.78 is 5.40. The topological polar surface area (TPSA) is 12.9 Å². The maximum atomic E-state index is 4.08. The van der Waals surface area contributed by atoms with E-state index in [0.717, 1.165) is 0 Å². The zero-order chi connectivity index (χ0) is 6.85. The number of nitrogens with zero attached hydrogens (tertiary/aromatic N) is 1. The van der Waals surface area contributed by atoms with Crippen LogP contribution in [0.3, 0.4) is 0 Å². The molecule has 3 heteroatoms. The molecule has 1 aromatic rings. The molecule has 0 bridgehead atoms. The minimum absolute atomic E-state index is 0.621. The number of halogens is 1. The maximum absolute atomic E-state index is 4.08. The minimum Gasteiger partial charge on any atom is -0.200 e. The summed E-state index contributed by atoms with van der Waals surface area (Å²) in [4.78, 5) is 0. The van der Waals surface area contributed by atoms with Crippen molar-refractivity contribution in [2.75, 3.05) is 0 Å². The number of hydrogen-bond donors (Lipinski definition) is 0. The third-order valence-electron chi connectivity index (χ3n) is 1.17. The Hall–Kier alpha value is 0.360. The molecule has 1 aromatic heterocycles. The van der Waals surface area contributed by atoms with E-state index < -0.39 is 0 Å². The first kappa shape index (κ1) is 7.47. The van der Waals surface area contributed by atoms with E-state index >= 15 is 0 Å². The Morgan fingerprint density at radius 3 is 2.56 bits per heavy atom. The zero-order valence-corrected chi connectivity index (χ0v) is 8.36. The lowest BCUT2D eigenvalue weighted by atomic mass is 10.1. The molecule has 1 nitrogen and oxygen atoms in total. The van der Waals surface area contributed by atoms with E-state index in [2.05, 4.69) is 40.8 Å². The van der Waals surface area contributed by atoms with Gasteiger partial charge in [0.25, 0.3) is 0 Å². The second kappa shape index (κ2) is 2.96. The van der Waals surface area contributed by atoms with Crippen LogP contribution in [0.5, 0.6) is 0 Å². The van der Waals surface area contributed by atoms with Gasteiger partial charge in [-0.05, 0) is 45.6 Å². The Balaban J connectivity index is 2.94. The van der Waals surface area contributed by atoms with Gasteiger partial charge in [0.05, 0.1) is 2.88 Å². The van der Waals surface area contributed by atoms with Crippen molar-refractivity contribution in [3.63, 3.8) is 0 Å². The highest BCUT2D eigenvalue weighted by Crippen LogP contribution is 2.23. The predicted octanol–water partition coefficient (Wildman–Crippen LogP) is 2.87. The van der Waals surface area contributed by atoms with E-state index in [-0.39, 0.29) is 0 Å². The third kappa shape index (κ3) is 1.64. The summed E-state index contributed by atoms with van der Waals surface area (Å²) >= 11 is 3.90. The molecule has 0 saturated heterocycles. The molecule has 0 N–H and O–H groups in total. The van der Waals surface area contributed by atoms with Crippen LogP contribution in [-0.4, -0.2) is 4.37 Å². The van der Waals surface area contributed by atoms with Crippen LogP contribution in [0.1, 0.15) is 25.3 Å². The van der Waals surface area contributed by atoms with Gasteiger partial charge < -0.3 is 0 Å². The molecular weight excluding hydrogens is 245 g/mol. The van der Waals surface area contributed by atoms with E-state index in [1.54, 1.807) is 11.5 Å². The van der Waals surface area contributed by atoms with Crippen molar-refractivity contribution in [3.05, 3.63) is 14.6 Å². The lowest BCUT2D eigenvalue weighted by Crippen LogP contribution is -1.84. The van der Waals surface area contributed by atoms with Gasteiger partial charge in [-0.1, -0.05) is 13.8 Å². The Bertz CT molecular complexity index is 195. The van der Waals surface area contributed by atoms with Crippen LogP contribution in [-0.2, 0) is 0 Å². The fraction of sp³-hybridized carbons (Fsp3) is 0.500. The Morgan fingerprint density at radius 2 is 2.33 bits per heavy atom. The molecule has 0 radical (unpaired) electrons. The van der Waals surface area contributed by atoms with E-state index in [9.17, 15) is 0 Å². The summed E-state index contributed by atoms with van der Waals surface area (Å²) in [6, 6.07) is 0. The molecule has 0 atom stereocenters. The second-order valence-electron chi connectivity index (χ2n) is 2.21. The van der Waals surface area contributed by atoms with Gasteiger partial charge in [-0.15, -0.1) is 0 Å². The smallest absolute Gasteiger partial charge is 0.0894 e. The molecule has 0 aliphatic heterocycles. The molecule has 0 unspecified atom stereocenters. The molecule has 1 rings (SSSR count). The van der Waals surface area contributed by atoms with Gasteiger partial charge in [0.1, 0.15) is 0 Å². The third-order valence-corrected chi connectivity index (χ3v) is 2.99. The van der Waals surface area contributed by atoms with Crippen LogP contribution < -0.4 is 0 Å². The van der Waals surface area contributed by atoms with Crippen LogP contribution >= 0.6 is 34.1 Å². The first-order chi connectivity index (χ1) is 4.22. The summed E-state index contributed by atoms with van der Waals surface area (Å²) in [6.07, 6.45) is 1.96.